The predicted molar refractivity (Wildman–Crippen MR) is 57.5 cm³/mol. The predicted octanol–water partition coefficient (Wildman–Crippen LogP) is 1.66. The molecule has 0 aliphatic carbocycles. The van der Waals surface area contributed by atoms with Crippen molar-refractivity contribution in [3.8, 4) is 5.75 Å². The Balaban J connectivity index is 2.92. The summed E-state index contributed by atoms with van der Waals surface area (Å²) in [5.41, 5.74) is 5.68. The Morgan fingerprint density at radius 3 is 2.87 bits per heavy atom. The largest absolute Gasteiger partial charge is 0.502 e. The molecule has 0 radical (unpaired) electrons. The lowest BCUT2D eigenvalue weighted by atomic mass is 10.1. The molecule has 0 spiro atoms. The summed E-state index contributed by atoms with van der Waals surface area (Å²) in [6.07, 6.45) is 4.28. The summed E-state index contributed by atoms with van der Waals surface area (Å²) in [4.78, 5) is 9.89. The van der Waals surface area contributed by atoms with Crippen LogP contribution in [0, 0.1) is 10.1 Å². The second-order valence-electron chi connectivity index (χ2n) is 2.98. The van der Waals surface area contributed by atoms with E-state index in [0.717, 1.165) is 0 Å². The van der Waals surface area contributed by atoms with E-state index in [-0.39, 0.29) is 11.4 Å². The van der Waals surface area contributed by atoms with Gasteiger partial charge in [-0.1, -0.05) is 18.2 Å². The highest BCUT2D eigenvalue weighted by Gasteiger charge is 2.12. The zero-order valence-corrected chi connectivity index (χ0v) is 8.09. The average Bonchev–Trinajstić information content (AvgIpc) is 2.20. The summed E-state index contributed by atoms with van der Waals surface area (Å²) in [6, 6.07) is 4.23. The van der Waals surface area contributed by atoms with Gasteiger partial charge in [0.15, 0.2) is 5.75 Å². The van der Waals surface area contributed by atoms with Crippen molar-refractivity contribution >= 4 is 11.8 Å². The van der Waals surface area contributed by atoms with Gasteiger partial charge in [-0.25, -0.2) is 0 Å². The molecule has 0 amide bonds. The smallest absolute Gasteiger partial charge is 0.311 e. The van der Waals surface area contributed by atoms with Gasteiger partial charge in [0, 0.05) is 6.07 Å². The van der Waals surface area contributed by atoms with Crippen molar-refractivity contribution in [3.63, 3.8) is 0 Å². The van der Waals surface area contributed by atoms with E-state index >= 15 is 0 Å². The highest BCUT2D eigenvalue weighted by molar-refractivity contribution is 5.58. The number of phenols is 1. The fraction of sp³-hybridized carbons (Fsp3) is 0.200. The third-order valence-electron chi connectivity index (χ3n) is 1.84. The van der Waals surface area contributed by atoms with Gasteiger partial charge in [-0.15, -0.1) is 0 Å². The van der Waals surface area contributed by atoms with Crippen LogP contribution in [0.3, 0.4) is 0 Å². The minimum absolute atomic E-state index is 0.287. The van der Waals surface area contributed by atoms with Gasteiger partial charge in [-0.2, -0.15) is 0 Å². The normalized spacial score (nSPS) is 10.7. The maximum Gasteiger partial charge on any atom is 0.311 e. The quantitative estimate of drug-likeness (QED) is 0.581. The molecule has 1 aromatic rings. The molecule has 5 nitrogen and oxygen atoms in total. The number of benzene rings is 1. The summed E-state index contributed by atoms with van der Waals surface area (Å²) in [6.45, 7) is 0.538. The third kappa shape index (κ3) is 3.07. The fourth-order valence-electron chi connectivity index (χ4n) is 1.11. The van der Waals surface area contributed by atoms with E-state index in [1.54, 1.807) is 12.1 Å². The second kappa shape index (κ2) is 5.11. The standard InChI is InChI=1S/C10H12N2O3/c11-6-2-1-3-8-4-5-10(13)9(7-8)12(14)15/h1,3-5,7,13H,2,6,11H2. The Bertz CT molecular complexity index is 388. The highest BCUT2D eigenvalue weighted by Crippen LogP contribution is 2.26. The van der Waals surface area contributed by atoms with Crippen LogP contribution in [0.4, 0.5) is 5.69 Å². The van der Waals surface area contributed by atoms with Crippen molar-refractivity contribution in [3.05, 3.63) is 40.0 Å². The highest BCUT2D eigenvalue weighted by atomic mass is 16.6. The van der Waals surface area contributed by atoms with Gasteiger partial charge >= 0.3 is 5.69 Å². The molecule has 0 unspecified atom stereocenters. The van der Waals surface area contributed by atoms with Crippen molar-refractivity contribution < 1.29 is 10.0 Å². The van der Waals surface area contributed by atoms with Crippen LogP contribution in [0.25, 0.3) is 6.08 Å². The van der Waals surface area contributed by atoms with Crippen LogP contribution in [0.5, 0.6) is 5.75 Å². The number of hydrogen-bond acceptors (Lipinski definition) is 4. The Kier molecular flexibility index (Phi) is 3.82. The summed E-state index contributed by atoms with van der Waals surface area (Å²) in [7, 11) is 0. The minimum atomic E-state index is -0.615. The molecule has 1 rings (SSSR count). The molecule has 0 aliphatic rings. The van der Waals surface area contributed by atoms with Crippen LogP contribution in [-0.4, -0.2) is 16.6 Å². The molecule has 15 heavy (non-hydrogen) atoms. The van der Waals surface area contributed by atoms with Crippen molar-refractivity contribution in [1.82, 2.24) is 0 Å². The van der Waals surface area contributed by atoms with Crippen LogP contribution in [0.15, 0.2) is 24.3 Å². The van der Waals surface area contributed by atoms with Crippen LogP contribution in [-0.2, 0) is 0 Å². The topological polar surface area (TPSA) is 89.4 Å². The van der Waals surface area contributed by atoms with Crippen molar-refractivity contribution in [1.29, 1.82) is 0 Å². The van der Waals surface area contributed by atoms with Crippen molar-refractivity contribution in [2.45, 2.75) is 6.42 Å². The lowest BCUT2D eigenvalue weighted by Gasteiger charge is -1.97. The van der Waals surface area contributed by atoms with Gasteiger partial charge < -0.3 is 10.8 Å². The van der Waals surface area contributed by atoms with E-state index < -0.39 is 4.92 Å². The number of hydrogen-bond donors (Lipinski definition) is 2. The van der Waals surface area contributed by atoms with Crippen molar-refractivity contribution in [2.24, 2.45) is 5.73 Å². The van der Waals surface area contributed by atoms with Gasteiger partial charge in [0.05, 0.1) is 4.92 Å². The third-order valence-corrected chi connectivity index (χ3v) is 1.84. The van der Waals surface area contributed by atoms with Gasteiger partial charge in [0.2, 0.25) is 0 Å². The number of nitrogens with two attached hydrogens (primary N) is 1. The maximum absolute atomic E-state index is 10.5. The first kappa shape index (κ1) is 11.2. The molecule has 0 aromatic heterocycles. The van der Waals surface area contributed by atoms with E-state index in [4.69, 9.17) is 5.73 Å². The molecule has 0 fully saturated rings. The molecular weight excluding hydrogens is 196 g/mol. The number of nitro benzene ring substituents is 1. The summed E-state index contributed by atoms with van der Waals surface area (Å²) in [5, 5.41) is 19.7. The molecule has 1 aromatic carbocycles. The van der Waals surface area contributed by atoms with E-state index in [0.29, 0.717) is 18.5 Å². The molecular formula is C10H12N2O3. The first-order chi connectivity index (χ1) is 7.15. The zero-order chi connectivity index (χ0) is 11.3. The number of phenolic OH excluding ortho intramolecular Hbond substituents is 1. The fourth-order valence-corrected chi connectivity index (χ4v) is 1.11. The molecule has 0 saturated heterocycles. The number of aromatic hydroxyl groups is 1. The van der Waals surface area contributed by atoms with E-state index in [9.17, 15) is 15.2 Å². The molecule has 3 N–H and O–H groups in total. The first-order valence-corrected chi connectivity index (χ1v) is 4.49. The van der Waals surface area contributed by atoms with E-state index in [1.807, 2.05) is 6.08 Å². The lowest BCUT2D eigenvalue weighted by Crippen LogP contribution is -1.95. The van der Waals surface area contributed by atoms with Crippen LogP contribution in [0.2, 0.25) is 0 Å². The molecule has 0 bridgehead atoms. The Hall–Kier alpha value is -1.88. The van der Waals surface area contributed by atoms with Crippen molar-refractivity contribution in [2.75, 3.05) is 6.54 Å². The maximum atomic E-state index is 10.5. The first-order valence-electron chi connectivity index (χ1n) is 4.49. The molecule has 0 aliphatic heterocycles. The Morgan fingerprint density at radius 2 is 2.27 bits per heavy atom. The SMILES string of the molecule is NCCC=Cc1ccc(O)c([N+](=O)[O-])c1. The second-order valence-corrected chi connectivity index (χ2v) is 2.98. The number of nitro groups is 1. The van der Waals surface area contributed by atoms with Gasteiger partial charge in [0.1, 0.15) is 0 Å². The summed E-state index contributed by atoms with van der Waals surface area (Å²) < 4.78 is 0. The van der Waals surface area contributed by atoms with Crippen LogP contribution in [0.1, 0.15) is 12.0 Å². The molecule has 5 heteroatoms. The lowest BCUT2D eigenvalue weighted by molar-refractivity contribution is -0.385. The van der Waals surface area contributed by atoms with Gasteiger partial charge in [0.25, 0.3) is 0 Å². The average molecular weight is 208 g/mol. The van der Waals surface area contributed by atoms with Gasteiger partial charge in [-0.3, -0.25) is 10.1 Å². The molecule has 0 heterocycles. The van der Waals surface area contributed by atoms with Gasteiger partial charge in [-0.05, 0) is 24.6 Å². The monoisotopic (exact) mass is 208 g/mol. The number of nitrogens with zero attached hydrogens (tertiary/aromatic N) is 1. The van der Waals surface area contributed by atoms with E-state index in [2.05, 4.69) is 0 Å². The van der Waals surface area contributed by atoms with Crippen LogP contribution < -0.4 is 5.73 Å². The molecule has 0 saturated carbocycles. The molecule has 0 atom stereocenters. The number of rotatable bonds is 4. The van der Waals surface area contributed by atoms with E-state index in [1.165, 1.54) is 12.1 Å². The van der Waals surface area contributed by atoms with Crippen LogP contribution >= 0.6 is 0 Å². The summed E-state index contributed by atoms with van der Waals surface area (Å²) in [5.74, 6) is -0.323. The zero-order valence-electron chi connectivity index (χ0n) is 8.09. The molecule has 80 valence electrons. The Morgan fingerprint density at radius 1 is 1.53 bits per heavy atom. The summed E-state index contributed by atoms with van der Waals surface area (Å²) >= 11 is 0. The minimum Gasteiger partial charge on any atom is -0.502 e. The Labute approximate surface area is 87.0 Å².